The maximum Gasteiger partial charge on any atom is 0.259 e. The van der Waals surface area contributed by atoms with Crippen LogP contribution in [-0.2, 0) is 0 Å². The molecular formula is C13H7BrCl2FNO2. The molecule has 0 unspecified atom stereocenters. The lowest BCUT2D eigenvalue weighted by atomic mass is 10.2. The molecule has 2 N–H and O–H groups in total. The minimum absolute atomic E-state index is 0.0298. The SMILES string of the molecule is O=C(Nc1c(Cl)cc(F)cc1Cl)c1cc(Br)ccc1O. The van der Waals surface area contributed by atoms with Crippen LogP contribution in [-0.4, -0.2) is 11.0 Å². The molecule has 2 rings (SSSR count). The number of hydrogen-bond acceptors (Lipinski definition) is 2. The highest BCUT2D eigenvalue weighted by Crippen LogP contribution is 2.32. The first-order valence-corrected chi connectivity index (χ1v) is 6.88. The summed E-state index contributed by atoms with van der Waals surface area (Å²) in [6.07, 6.45) is 0. The summed E-state index contributed by atoms with van der Waals surface area (Å²) < 4.78 is 13.7. The maximum absolute atomic E-state index is 13.1. The maximum atomic E-state index is 13.1. The van der Waals surface area contributed by atoms with E-state index in [0.717, 1.165) is 12.1 Å². The van der Waals surface area contributed by atoms with E-state index in [4.69, 9.17) is 23.2 Å². The third kappa shape index (κ3) is 3.23. The molecule has 20 heavy (non-hydrogen) atoms. The van der Waals surface area contributed by atoms with E-state index in [1.165, 1.54) is 12.1 Å². The van der Waals surface area contributed by atoms with E-state index in [-0.39, 0.29) is 27.0 Å². The fraction of sp³-hybridized carbons (Fsp3) is 0. The van der Waals surface area contributed by atoms with Crippen LogP contribution in [0.2, 0.25) is 10.0 Å². The Morgan fingerprint density at radius 1 is 1.20 bits per heavy atom. The zero-order chi connectivity index (χ0) is 14.9. The number of nitrogens with one attached hydrogen (secondary N) is 1. The van der Waals surface area contributed by atoms with Crippen molar-refractivity contribution in [2.45, 2.75) is 0 Å². The van der Waals surface area contributed by atoms with Gasteiger partial charge in [-0.25, -0.2) is 4.39 Å². The van der Waals surface area contributed by atoms with Crippen molar-refractivity contribution < 1.29 is 14.3 Å². The van der Waals surface area contributed by atoms with E-state index in [0.29, 0.717) is 4.47 Å². The number of phenolic OH excluding ortho intramolecular Hbond substituents is 1. The van der Waals surface area contributed by atoms with Crippen molar-refractivity contribution in [1.82, 2.24) is 0 Å². The van der Waals surface area contributed by atoms with Gasteiger partial charge in [0.15, 0.2) is 0 Å². The Bertz CT molecular complexity index is 671. The van der Waals surface area contributed by atoms with Gasteiger partial charge < -0.3 is 10.4 Å². The van der Waals surface area contributed by atoms with Crippen molar-refractivity contribution in [2.24, 2.45) is 0 Å². The third-order valence-electron chi connectivity index (χ3n) is 2.45. The summed E-state index contributed by atoms with van der Waals surface area (Å²) in [4.78, 5) is 12.1. The Morgan fingerprint density at radius 2 is 1.80 bits per heavy atom. The molecule has 7 heteroatoms. The second-order valence-corrected chi connectivity index (χ2v) is 5.59. The zero-order valence-corrected chi connectivity index (χ0v) is 12.9. The van der Waals surface area contributed by atoms with Gasteiger partial charge in [-0.2, -0.15) is 0 Å². The summed E-state index contributed by atoms with van der Waals surface area (Å²) in [5.74, 6) is -1.41. The lowest BCUT2D eigenvalue weighted by molar-refractivity contribution is 0.102. The quantitative estimate of drug-likeness (QED) is 0.784. The first-order chi connectivity index (χ1) is 9.38. The van der Waals surface area contributed by atoms with Crippen LogP contribution in [0.4, 0.5) is 10.1 Å². The minimum Gasteiger partial charge on any atom is -0.507 e. The van der Waals surface area contributed by atoms with Gasteiger partial charge in [0.05, 0.1) is 21.3 Å². The smallest absolute Gasteiger partial charge is 0.259 e. The topological polar surface area (TPSA) is 49.3 Å². The number of hydrogen-bond donors (Lipinski definition) is 2. The molecule has 1 amide bonds. The monoisotopic (exact) mass is 377 g/mol. The zero-order valence-electron chi connectivity index (χ0n) is 9.75. The number of amides is 1. The number of carbonyl (C=O) groups is 1. The number of halogens is 4. The van der Waals surface area contributed by atoms with E-state index in [1.54, 1.807) is 6.07 Å². The summed E-state index contributed by atoms with van der Waals surface area (Å²) in [5, 5.41) is 12.0. The van der Waals surface area contributed by atoms with Gasteiger partial charge in [0.25, 0.3) is 5.91 Å². The van der Waals surface area contributed by atoms with Gasteiger partial charge in [-0.15, -0.1) is 0 Å². The number of rotatable bonds is 2. The van der Waals surface area contributed by atoms with Gasteiger partial charge in [0.2, 0.25) is 0 Å². The highest BCUT2D eigenvalue weighted by molar-refractivity contribution is 9.10. The number of aromatic hydroxyl groups is 1. The largest absolute Gasteiger partial charge is 0.507 e. The second kappa shape index (κ2) is 5.99. The van der Waals surface area contributed by atoms with Gasteiger partial charge in [0.1, 0.15) is 11.6 Å². The Kier molecular flexibility index (Phi) is 4.52. The molecule has 0 bridgehead atoms. The van der Waals surface area contributed by atoms with Crippen molar-refractivity contribution >= 4 is 50.7 Å². The fourth-order valence-electron chi connectivity index (χ4n) is 1.53. The van der Waals surface area contributed by atoms with Gasteiger partial charge in [-0.05, 0) is 30.3 Å². The molecule has 2 aromatic rings. The van der Waals surface area contributed by atoms with Crippen molar-refractivity contribution in [2.75, 3.05) is 5.32 Å². The molecule has 0 aromatic heterocycles. The molecule has 0 saturated carbocycles. The van der Waals surface area contributed by atoms with Crippen LogP contribution in [0.1, 0.15) is 10.4 Å². The second-order valence-electron chi connectivity index (χ2n) is 3.86. The molecule has 0 aliphatic rings. The first kappa shape index (κ1) is 15.1. The molecule has 104 valence electrons. The third-order valence-corrected chi connectivity index (χ3v) is 3.54. The van der Waals surface area contributed by atoms with Crippen LogP contribution >= 0.6 is 39.1 Å². The fourth-order valence-corrected chi connectivity index (χ4v) is 2.45. The molecule has 0 aliphatic heterocycles. The van der Waals surface area contributed by atoms with Gasteiger partial charge >= 0.3 is 0 Å². The Balaban J connectivity index is 2.35. The van der Waals surface area contributed by atoms with Gasteiger partial charge in [-0.1, -0.05) is 39.1 Å². The Morgan fingerprint density at radius 3 is 2.40 bits per heavy atom. The predicted molar refractivity (Wildman–Crippen MR) is 80.2 cm³/mol. The van der Waals surface area contributed by atoms with Crippen LogP contribution in [0, 0.1) is 5.82 Å². The molecule has 0 spiro atoms. The Hall–Kier alpha value is -1.30. The number of phenols is 1. The van der Waals surface area contributed by atoms with E-state index >= 15 is 0 Å². The molecule has 0 radical (unpaired) electrons. The lowest BCUT2D eigenvalue weighted by Crippen LogP contribution is -2.13. The van der Waals surface area contributed by atoms with Gasteiger partial charge in [0, 0.05) is 4.47 Å². The van der Waals surface area contributed by atoms with Crippen molar-refractivity contribution in [3.05, 3.63) is 56.2 Å². The average molecular weight is 379 g/mol. The summed E-state index contributed by atoms with van der Waals surface area (Å²) in [6.45, 7) is 0. The number of benzene rings is 2. The van der Waals surface area contributed by atoms with E-state index in [1.807, 2.05) is 0 Å². The summed E-state index contributed by atoms with van der Waals surface area (Å²) >= 11 is 14.8. The normalized spacial score (nSPS) is 10.4. The lowest BCUT2D eigenvalue weighted by Gasteiger charge is -2.10. The predicted octanol–water partition coefficient (Wildman–Crippen LogP) is 4.85. The standard InChI is InChI=1S/C13H7BrCl2FNO2/c14-6-1-2-11(19)8(3-6)13(20)18-12-9(15)4-7(17)5-10(12)16/h1-5,19H,(H,18,20). The summed E-state index contributed by atoms with van der Waals surface area (Å²) in [5.41, 5.74) is 0.120. The van der Waals surface area contributed by atoms with Crippen LogP contribution in [0.15, 0.2) is 34.8 Å². The van der Waals surface area contributed by atoms with Crippen molar-refractivity contribution in [3.8, 4) is 5.75 Å². The van der Waals surface area contributed by atoms with Gasteiger partial charge in [-0.3, -0.25) is 4.79 Å². The Labute approximate surface area is 132 Å². The molecule has 0 aliphatic carbocycles. The molecule has 3 nitrogen and oxygen atoms in total. The van der Waals surface area contributed by atoms with Crippen LogP contribution in [0.25, 0.3) is 0 Å². The van der Waals surface area contributed by atoms with E-state index < -0.39 is 11.7 Å². The molecule has 0 atom stereocenters. The van der Waals surface area contributed by atoms with Crippen molar-refractivity contribution in [3.63, 3.8) is 0 Å². The molecule has 2 aromatic carbocycles. The molecular weight excluding hydrogens is 372 g/mol. The van der Waals surface area contributed by atoms with Crippen LogP contribution < -0.4 is 5.32 Å². The van der Waals surface area contributed by atoms with Crippen LogP contribution in [0.3, 0.4) is 0 Å². The summed E-state index contributed by atoms with van der Waals surface area (Å²) in [7, 11) is 0. The molecule has 0 heterocycles. The highest BCUT2D eigenvalue weighted by atomic mass is 79.9. The highest BCUT2D eigenvalue weighted by Gasteiger charge is 2.16. The molecule has 0 saturated heterocycles. The van der Waals surface area contributed by atoms with Crippen molar-refractivity contribution in [1.29, 1.82) is 0 Å². The van der Waals surface area contributed by atoms with E-state index in [2.05, 4.69) is 21.2 Å². The number of anilines is 1. The van der Waals surface area contributed by atoms with E-state index in [9.17, 15) is 14.3 Å². The average Bonchev–Trinajstić information content (AvgIpc) is 2.36. The molecule has 0 fully saturated rings. The minimum atomic E-state index is -0.612. The van der Waals surface area contributed by atoms with Crippen LogP contribution in [0.5, 0.6) is 5.75 Å². The number of carbonyl (C=O) groups excluding carboxylic acids is 1. The first-order valence-electron chi connectivity index (χ1n) is 5.33. The summed E-state index contributed by atoms with van der Waals surface area (Å²) in [6, 6.07) is 6.46.